The molecule has 1 N–H and O–H groups in total. The van der Waals surface area contributed by atoms with Crippen LogP contribution in [0.2, 0.25) is 6.04 Å². The van der Waals surface area contributed by atoms with Crippen LogP contribution in [0.4, 0.5) is 0 Å². The quantitative estimate of drug-likeness (QED) is 0.121. The van der Waals surface area contributed by atoms with Crippen molar-refractivity contribution in [3.8, 4) is 0 Å². The highest BCUT2D eigenvalue weighted by molar-refractivity contribution is 6.82. The van der Waals surface area contributed by atoms with Crippen molar-refractivity contribution in [1.82, 2.24) is 5.32 Å². The lowest BCUT2D eigenvalue weighted by molar-refractivity contribution is -0.116. The number of amides is 1. The second-order valence-corrected chi connectivity index (χ2v) is 16.9. The summed E-state index contributed by atoms with van der Waals surface area (Å²) in [5.41, 5.74) is 0. The van der Waals surface area contributed by atoms with Crippen LogP contribution in [0.3, 0.4) is 0 Å². The molecule has 0 heterocycles. The Kier molecular flexibility index (Phi) is 15.4. The molecule has 0 bridgehead atoms. The first kappa shape index (κ1) is 32.6. The van der Waals surface area contributed by atoms with Gasteiger partial charge in [0.1, 0.15) is 0 Å². The zero-order valence-electron chi connectivity index (χ0n) is 20.7. The van der Waals surface area contributed by atoms with Crippen molar-refractivity contribution < 1.29 is 57.0 Å². The van der Waals surface area contributed by atoms with Crippen LogP contribution in [-0.4, -0.2) is 112 Å². The highest BCUT2D eigenvalue weighted by Crippen LogP contribution is 2.31. The SMILES string of the molecule is C=CC(=O)NCCC[Si](O[Si](OC)(OC)OC)(O[Si](OC)(OC)OC)O[Si](OC)(OC)OC. The van der Waals surface area contributed by atoms with Gasteiger partial charge in [0.05, 0.1) is 0 Å². The van der Waals surface area contributed by atoms with Gasteiger partial charge in [0.2, 0.25) is 5.91 Å². The van der Waals surface area contributed by atoms with Crippen molar-refractivity contribution in [2.24, 2.45) is 0 Å². The molecule has 0 saturated carbocycles. The predicted octanol–water partition coefficient (Wildman–Crippen LogP) is -0.208. The van der Waals surface area contributed by atoms with Gasteiger partial charge >= 0.3 is 35.9 Å². The maximum Gasteiger partial charge on any atom is 0.671 e. The lowest BCUT2D eigenvalue weighted by Gasteiger charge is -2.41. The minimum absolute atomic E-state index is 0.0743. The zero-order valence-corrected chi connectivity index (χ0v) is 24.7. The summed E-state index contributed by atoms with van der Waals surface area (Å²) in [6.07, 6.45) is 1.47. The molecule has 0 unspecified atom stereocenters. The van der Waals surface area contributed by atoms with Gasteiger partial charge in [-0.3, -0.25) is 4.79 Å². The van der Waals surface area contributed by atoms with Crippen molar-refractivity contribution in [2.45, 2.75) is 12.5 Å². The molecule has 0 aromatic carbocycles. The smallest absolute Gasteiger partial charge is 0.355 e. The van der Waals surface area contributed by atoms with Crippen molar-refractivity contribution >= 4 is 41.9 Å². The fourth-order valence-electron chi connectivity index (χ4n) is 2.50. The van der Waals surface area contributed by atoms with E-state index in [2.05, 4.69) is 11.9 Å². The van der Waals surface area contributed by atoms with Crippen LogP contribution in [-0.2, 0) is 57.0 Å². The number of carbonyl (C=O) groups excluding carboxylic acids is 1. The summed E-state index contributed by atoms with van der Waals surface area (Å²) in [4.78, 5) is 11.6. The van der Waals surface area contributed by atoms with E-state index in [9.17, 15) is 4.79 Å². The second-order valence-electron chi connectivity index (χ2n) is 5.93. The van der Waals surface area contributed by atoms with Gasteiger partial charge in [0, 0.05) is 76.6 Å². The summed E-state index contributed by atoms with van der Waals surface area (Å²) >= 11 is 0. The van der Waals surface area contributed by atoms with E-state index in [0.29, 0.717) is 6.42 Å². The summed E-state index contributed by atoms with van der Waals surface area (Å²) < 4.78 is 67.7. The molecule has 33 heavy (non-hydrogen) atoms. The third kappa shape index (κ3) is 9.29. The minimum Gasteiger partial charge on any atom is -0.355 e. The average Bonchev–Trinajstić information content (AvgIpc) is 2.87. The molecule has 18 heteroatoms. The van der Waals surface area contributed by atoms with Gasteiger partial charge in [-0.15, -0.1) is 0 Å². The van der Waals surface area contributed by atoms with Crippen LogP contribution in [0, 0.1) is 0 Å². The number of carbonyl (C=O) groups is 1. The predicted molar refractivity (Wildman–Crippen MR) is 122 cm³/mol. The molecule has 0 spiro atoms. The monoisotopic (exact) mass is 551 g/mol. The molecule has 0 atom stereocenters. The topological polar surface area (TPSA) is 140 Å². The van der Waals surface area contributed by atoms with E-state index in [-0.39, 0.29) is 18.5 Å². The first-order valence-corrected chi connectivity index (χ1v) is 16.4. The second kappa shape index (κ2) is 15.6. The maximum atomic E-state index is 11.6. The van der Waals surface area contributed by atoms with Crippen LogP contribution in [0.5, 0.6) is 0 Å². The van der Waals surface area contributed by atoms with Crippen LogP contribution >= 0.6 is 0 Å². The molecule has 196 valence electrons. The Morgan fingerprint density at radius 2 is 0.970 bits per heavy atom. The van der Waals surface area contributed by atoms with Gasteiger partial charge in [-0.2, -0.15) is 0 Å². The summed E-state index contributed by atoms with van der Waals surface area (Å²) in [5.74, 6) is -0.344. The Morgan fingerprint density at radius 3 is 1.21 bits per heavy atom. The Morgan fingerprint density at radius 1 is 0.667 bits per heavy atom. The molecular weight excluding hydrogens is 515 g/mol. The number of nitrogens with one attached hydrogen (secondary N) is 1. The molecule has 0 aromatic rings. The molecule has 0 saturated heterocycles. The molecule has 0 fully saturated rings. The van der Waals surface area contributed by atoms with Crippen LogP contribution in [0.1, 0.15) is 6.42 Å². The van der Waals surface area contributed by atoms with E-state index in [1.807, 2.05) is 0 Å². The molecule has 0 aromatic heterocycles. The average molecular weight is 552 g/mol. The molecular formula is C15H37NO13Si4. The van der Waals surface area contributed by atoms with E-state index in [0.717, 1.165) is 6.08 Å². The Hall–Kier alpha value is -0.402. The van der Waals surface area contributed by atoms with Gasteiger partial charge in [-0.1, -0.05) is 6.58 Å². The van der Waals surface area contributed by atoms with Gasteiger partial charge in [0.25, 0.3) is 0 Å². The van der Waals surface area contributed by atoms with E-state index >= 15 is 0 Å². The minimum atomic E-state index is -4.09. The Balaban J connectivity index is 6.50. The summed E-state index contributed by atoms with van der Waals surface area (Å²) in [5, 5.41) is 2.67. The molecule has 1 amide bonds. The highest BCUT2D eigenvalue weighted by Gasteiger charge is 2.65. The first-order valence-electron chi connectivity index (χ1n) is 9.59. The lowest BCUT2D eigenvalue weighted by atomic mass is 10.4. The fraction of sp³-hybridized carbons (Fsp3) is 0.800. The fourth-order valence-corrected chi connectivity index (χ4v) is 15.0. The van der Waals surface area contributed by atoms with Crippen molar-refractivity contribution in [1.29, 1.82) is 0 Å². The standard InChI is InChI=1S/C15H37NO13Si4/c1-11-15(17)16-13-12-14-30(27-31(18-2,19-3)20-4,28-32(21-5,22-6)23-7)29-33(24-8,25-9)26-10/h11H,1,12-14H2,2-10H3,(H,16,17). The van der Waals surface area contributed by atoms with Crippen molar-refractivity contribution in [3.05, 3.63) is 12.7 Å². The van der Waals surface area contributed by atoms with Gasteiger partial charge in [-0.05, 0) is 12.5 Å². The number of hydrogen-bond acceptors (Lipinski definition) is 13. The Labute approximate surface area is 200 Å². The zero-order chi connectivity index (χ0) is 25.6. The van der Waals surface area contributed by atoms with Gasteiger partial charge in [-0.25, -0.2) is 0 Å². The van der Waals surface area contributed by atoms with Crippen LogP contribution in [0.15, 0.2) is 12.7 Å². The van der Waals surface area contributed by atoms with Crippen LogP contribution < -0.4 is 5.32 Å². The maximum absolute atomic E-state index is 11.6. The van der Waals surface area contributed by atoms with Crippen molar-refractivity contribution in [2.75, 3.05) is 70.5 Å². The molecule has 0 aliphatic heterocycles. The summed E-state index contributed by atoms with van der Waals surface area (Å²) in [6.45, 7) is 3.66. The normalized spacial score (nSPS) is 13.2. The summed E-state index contributed by atoms with van der Waals surface area (Å²) in [6, 6.07) is 0.0743. The number of rotatable bonds is 20. The largest absolute Gasteiger partial charge is 0.671 e. The molecule has 0 aliphatic carbocycles. The molecule has 14 nitrogen and oxygen atoms in total. The summed E-state index contributed by atoms with van der Waals surface area (Å²) in [7, 11) is -3.32. The van der Waals surface area contributed by atoms with Crippen molar-refractivity contribution in [3.63, 3.8) is 0 Å². The Bertz CT molecular complexity index is 496. The molecule has 0 aliphatic rings. The van der Waals surface area contributed by atoms with Gasteiger partial charge in [0.15, 0.2) is 0 Å². The highest BCUT2D eigenvalue weighted by atomic mass is 28.5. The lowest BCUT2D eigenvalue weighted by Crippen LogP contribution is -2.69. The third-order valence-corrected chi connectivity index (χ3v) is 16.4. The molecule has 0 radical (unpaired) electrons. The van der Waals surface area contributed by atoms with E-state index in [4.69, 9.17) is 52.2 Å². The van der Waals surface area contributed by atoms with E-state index < -0.39 is 35.9 Å². The molecule has 0 rings (SSSR count). The van der Waals surface area contributed by atoms with E-state index in [1.165, 1.54) is 64.0 Å². The van der Waals surface area contributed by atoms with Gasteiger partial charge < -0.3 is 57.5 Å². The third-order valence-electron chi connectivity index (χ3n) is 4.24. The van der Waals surface area contributed by atoms with Crippen LogP contribution in [0.25, 0.3) is 0 Å². The first-order chi connectivity index (χ1) is 15.6. The van der Waals surface area contributed by atoms with E-state index in [1.54, 1.807) is 0 Å². The number of hydrogen-bond donors (Lipinski definition) is 1.